The van der Waals surface area contributed by atoms with Crippen molar-refractivity contribution in [2.24, 2.45) is 16.8 Å². The molecule has 33 heavy (non-hydrogen) atoms. The van der Waals surface area contributed by atoms with Gasteiger partial charge in [0.1, 0.15) is 6.10 Å². The summed E-state index contributed by atoms with van der Waals surface area (Å²) in [6.45, 7) is 16.1. The molecule has 2 rings (SSSR count). The number of hydrogen-bond acceptors (Lipinski definition) is 7. The second kappa shape index (κ2) is 9.97. The Morgan fingerprint density at radius 3 is 2.09 bits per heavy atom. The molecule has 0 aliphatic carbocycles. The molecule has 1 aromatic carbocycles. The van der Waals surface area contributed by atoms with Gasteiger partial charge >= 0.3 is 11.9 Å². The van der Waals surface area contributed by atoms with Crippen LogP contribution in [0.5, 0.6) is 0 Å². The Morgan fingerprint density at radius 1 is 1.06 bits per heavy atom. The van der Waals surface area contributed by atoms with Gasteiger partial charge in [0.15, 0.2) is 8.32 Å². The molecular formula is C25H39NO6Si. The van der Waals surface area contributed by atoms with Gasteiger partial charge in [-0.3, -0.25) is 4.79 Å². The average Bonchev–Trinajstić information content (AvgIpc) is 3.17. The molecule has 184 valence electrons. The largest absolute Gasteiger partial charge is 0.471 e. The Hall–Kier alpha value is -2.19. The van der Waals surface area contributed by atoms with E-state index >= 15 is 0 Å². The number of aliphatic imine (C=N–C) groups is 1. The summed E-state index contributed by atoms with van der Waals surface area (Å²) in [5, 5.41) is -0.169. The van der Waals surface area contributed by atoms with Crippen molar-refractivity contribution in [2.75, 3.05) is 14.2 Å². The van der Waals surface area contributed by atoms with Crippen molar-refractivity contribution in [2.45, 2.75) is 77.4 Å². The maximum atomic E-state index is 13.6. The molecule has 0 radical (unpaired) electrons. The van der Waals surface area contributed by atoms with Gasteiger partial charge in [-0.2, -0.15) is 0 Å². The molecule has 0 N–H and O–H groups in total. The van der Waals surface area contributed by atoms with E-state index in [4.69, 9.17) is 23.6 Å². The van der Waals surface area contributed by atoms with E-state index in [0.717, 1.165) is 5.56 Å². The lowest BCUT2D eigenvalue weighted by atomic mass is 9.77. The number of nitrogens with zero attached hydrogens (tertiary/aromatic N) is 1. The smallest absolute Gasteiger partial charge is 0.340 e. The molecule has 1 aliphatic rings. The second-order valence-electron chi connectivity index (χ2n) is 10.5. The van der Waals surface area contributed by atoms with Crippen LogP contribution in [0.25, 0.3) is 0 Å². The number of ether oxygens (including phenoxy) is 3. The van der Waals surface area contributed by atoms with E-state index in [-0.39, 0.29) is 11.0 Å². The molecule has 1 aliphatic heterocycles. The van der Waals surface area contributed by atoms with Crippen LogP contribution < -0.4 is 0 Å². The summed E-state index contributed by atoms with van der Waals surface area (Å²) in [5.74, 6) is -1.64. The minimum Gasteiger partial charge on any atom is -0.471 e. The predicted molar refractivity (Wildman–Crippen MR) is 131 cm³/mol. The summed E-state index contributed by atoms with van der Waals surface area (Å²) >= 11 is 0. The molecule has 0 saturated carbocycles. The van der Waals surface area contributed by atoms with E-state index < -0.39 is 43.9 Å². The van der Waals surface area contributed by atoms with Gasteiger partial charge in [0, 0.05) is 5.56 Å². The molecule has 0 amide bonds. The number of hydrogen-bond donors (Lipinski definition) is 0. The SMILES string of the molecule is COC(=O)[C@H](C)[C@@H](O[Si](C)(C)C(C)(C)C)[C@]1(C(=O)OC)N=C(c2ccccc2)O[C@H]1C(C)C. The molecule has 7 nitrogen and oxygen atoms in total. The van der Waals surface area contributed by atoms with Crippen LogP contribution in [0.15, 0.2) is 35.3 Å². The van der Waals surface area contributed by atoms with E-state index in [0.29, 0.717) is 5.90 Å². The van der Waals surface area contributed by atoms with Gasteiger partial charge in [-0.1, -0.05) is 52.8 Å². The zero-order valence-corrected chi connectivity index (χ0v) is 22.6. The maximum absolute atomic E-state index is 13.6. The molecule has 8 heteroatoms. The van der Waals surface area contributed by atoms with Crippen LogP contribution in [0.3, 0.4) is 0 Å². The van der Waals surface area contributed by atoms with Crippen molar-refractivity contribution in [3.8, 4) is 0 Å². The van der Waals surface area contributed by atoms with Crippen LogP contribution in [0.1, 0.15) is 47.1 Å². The number of esters is 2. The molecule has 0 bridgehead atoms. The highest BCUT2D eigenvalue weighted by Crippen LogP contribution is 2.45. The van der Waals surface area contributed by atoms with Crippen molar-refractivity contribution in [3.05, 3.63) is 35.9 Å². The topological polar surface area (TPSA) is 83.4 Å². The third-order valence-electron chi connectivity index (χ3n) is 6.79. The highest BCUT2D eigenvalue weighted by atomic mass is 28.4. The Morgan fingerprint density at radius 2 is 1.64 bits per heavy atom. The van der Waals surface area contributed by atoms with E-state index in [1.54, 1.807) is 6.92 Å². The highest BCUT2D eigenvalue weighted by Gasteiger charge is 2.64. The summed E-state index contributed by atoms with van der Waals surface area (Å²) < 4.78 is 23.5. The van der Waals surface area contributed by atoms with Crippen LogP contribution >= 0.6 is 0 Å². The zero-order chi connectivity index (χ0) is 25.2. The Kier molecular flexibility index (Phi) is 8.17. The monoisotopic (exact) mass is 477 g/mol. The number of rotatable bonds is 8. The van der Waals surface area contributed by atoms with Crippen LogP contribution in [-0.2, 0) is 28.2 Å². The first kappa shape index (κ1) is 27.1. The minimum atomic E-state index is -2.47. The predicted octanol–water partition coefficient (Wildman–Crippen LogP) is 4.60. The van der Waals surface area contributed by atoms with Crippen molar-refractivity contribution >= 4 is 26.2 Å². The minimum absolute atomic E-state index is 0.121. The van der Waals surface area contributed by atoms with Gasteiger partial charge in [0.2, 0.25) is 11.4 Å². The Labute approximate surface area is 199 Å². The van der Waals surface area contributed by atoms with Crippen molar-refractivity contribution in [1.29, 1.82) is 0 Å². The molecule has 1 heterocycles. The molecule has 0 fully saturated rings. The summed E-state index contributed by atoms with van der Waals surface area (Å²) in [7, 11) is 0.185. The van der Waals surface area contributed by atoms with E-state index in [9.17, 15) is 9.59 Å². The van der Waals surface area contributed by atoms with Gasteiger partial charge < -0.3 is 18.6 Å². The van der Waals surface area contributed by atoms with Gasteiger partial charge in [0.05, 0.1) is 26.2 Å². The number of methoxy groups -OCH3 is 2. The van der Waals surface area contributed by atoms with E-state index in [1.807, 2.05) is 44.2 Å². The number of carbonyl (C=O) groups excluding carboxylic acids is 2. The molecular weight excluding hydrogens is 438 g/mol. The zero-order valence-electron chi connectivity index (χ0n) is 21.6. The van der Waals surface area contributed by atoms with Crippen molar-refractivity contribution < 1.29 is 28.2 Å². The molecule has 0 aromatic heterocycles. The third-order valence-corrected chi connectivity index (χ3v) is 11.2. The van der Waals surface area contributed by atoms with Crippen LogP contribution in [-0.4, -0.2) is 58.1 Å². The fourth-order valence-electron chi connectivity index (χ4n) is 3.87. The van der Waals surface area contributed by atoms with Crippen LogP contribution in [0, 0.1) is 11.8 Å². The lowest BCUT2D eigenvalue weighted by molar-refractivity contribution is -0.163. The summed E-state index contributed by atoms with van der Waals surface area (Å²) in [6, 6.07) is 9.40. The first-order valence-electron chi connectivity index (χ1n) is 11.4. The van der Waals surface area contributed by atoms with Crippen LogP contribution in [0.4, 0.5) is 0 Å². The summed E-state index contributed by atoms with van der Waals surface area (Å²) in [6.07, 6.45) is -1.63. The molecule has 0 spiro atoms. The molecule has 4 atom stereocenters. The van der Waals surface area contributed by atoms with Gasteiger partial charge in [-0.15, -0.1) is 0 Å². The lowest BCUT2D eigenvalue weighted by Crippen LogP contribution is -2.64. The quantitative estimate of drug-likeness (QED) is 0.402. The molecule has 0 saturated heterocycles. The fraction of sp³-hybridized carbons (Fsp3) is 0.640. The summed E-state index contributed by atoms with van der Waals surface area (Å²) in [4.78, 5) is 31.3. The first-order valence-corrected chi connectivity index (χ1v) is 14.3. The van der Waals surface area contributed by atoms with E-state index in [1.165, 1.54) is 14.2 Å². The maximum Gasteiger partial charge on any atom is 0.340 e. The highest BCUT2D eigenvalue weighted by molar-refractivity contribution is 6.74. The normalized spacial score (nSPS) is 22.9. The third kappa shape index (κ3) is 5.16. The van der Waals surface area contributed by atoms with Gasteiger partial charge in [0.25, 0.3) is 0 Å². The number of carbonyl (C=O) groups is 2. The van der Waals surface area contributed by atoms with Gasteiger partial charge in [-0.25, -0.2) is 9.79 Å². The fourth-order valence-corrected chi connectivity index (χ4v) is 5.24. The molecule has 1 aromatic rings. The lowest BCUT2D eigenvalue weighted by Gasteiger charge is -2.46. The Bertz CT molecular complexity index is 877. The van der Waals surface area contributed by atoms with E-state index in [2.05, 4.69) is 33.9 Å². The first-order chi connectivity index (χ1) is 15.2. The molecule has 0 unspecified atom stereocenters. The average molecular weight is 478 g/mol. The number of benzene rings is 1. The second-order valence-corrected chi connectivity index (χ2v) is 15.2. The van der Waals surface area contributed by atoms with Crippen molar-refractivity contribution in [3.63, 3.8) is 0 Å². The Balaban J connectivity index is 2.81. The van der Waals surface area contributed by atoms with Crippen molar-refractivity contribution in [1.82, 2.24) is 0 Å². The standard InChI is InChI=1S/C25H39NO6Si/c1-16(2)19-25(23(28)30-8,26-21(31-19)18-14-12-11-13-15-18)20(17(3)22(27)29-7)32-33(9,10)24(4,5)6/h11-17,19-20H,1-10H3/t17-,19+,20-,25-/m1/s1. The summed E-state index contributed by atoms with van der Waals surface area (Å²) in [5.41, 5.74) is -0.831. The van der Waals surface area contributed by atoms with Crippen LogP contribution in [0.2, 0.25) is 18.1 Å². The van der Waals surface area contributed by atoms with Gasteiger partial charge in [-0.05, 0) is 43.1 Å².